The molecule has 3 rings (SSSR count). The van der Waals surface area contributed by atoms with Crippen molar-refractivity contribution in [2.75, 3.05) is 0 Å². The molecular formula is C15H11BrN2O3. The van der Waals surface area contributed by atoms with Crippen molar-refractivity contribution in [3.8, 4) is 23.0 Å². The Kier molecular flexibility index (Phi) is 3.62. The Morgan fingerprint density at radius 1 is 1.05 bits per heavy atom. The first-order chi connectivity index (χ1) is 10.1. The summed E-state index contributed by atoms with van der Waals surface area (Å²) in [6, 6.07) is 11.8. The molecule has 0 aliphatic heterocycles. The number of phenols is 2. The molecule has 1 aromatic heterocycles. The second kappa shape index (κ2) is 5.57. The van der Waals surface area contributed by atoms with E-state index in [4.69, 9.17) is 4.52 Å². The van der Waals surface area contributed by atoms with Crippen molar-refractivity contribution in [1.29, 1.82) is 0 Å². The van der Waals surface area contributed by atoms with Crippen LogP contribution >= 0.6 is 15.9 Å². The zero-order chi connectivity index (χ0) is 14.8. The van der Waals surface area contributed by atoms with Crippen molar-refractivity contribution in [3.63, 3.8) is 0 Å². The third-order valence-corrected chi connectivity index (χ3v) is 3.45. The largest absolute Gasteiger partial charge is 0.508 e. The third-order valence-electron chi connectivity index (χ3n) is 2.96. The molecule has 1 heterocycles. The molecule has 106 valence electrons. The van der Waals surface area contributed by atoms with Crippen LogP contribution in [0.1, 0.15) is 11.4 Å². The Morgan fingerprint density at radius 3 is 2.57 bits per heavy atom. The molecule has 5 nitrogen and oxygen atoms in total. The summed E-state index contributed by atoms with van der Waals surface area (Å²) in [5.74, 6) is 1.07. The number of nitrogens with zero attached hydrogens (tertiary/aromatic N) is 2. The summed E-state index contributed by atoms with van der Waals surface area (Å²) in [6.45, 7) is 0. The van der Waals surface area contributed by atoms with Crippen LogP contribution < -0.4 is 0 Å². The number of aromatic nitrogens is 2. The van der Waals surface area contributed by atoms with Gasteiger partial charge in [0.15, 0.2) is 5.82 Å². The third kappa shape index (κ3) is 3.05. The predicted octanol–water partition coefficient (Wildman–Crippen LogP) is 3.50. The minimum atomic E-state index is 0.0815. The van der Waals surface area contributed by atoms with E-state index >= 15 is 0 Å². The number of benzene rings is 2. The van der Waals surface area contributed by atoms with E-state index in [1.807, 2.05) is 0 Å². The lowest BCUT2D eigenvalue weighted by Gasteiger charge is -1.99. The first-order valence-corrected chi connectivity index (χ1v) is 7.00. The highest BCUT2D eigenvalue weighted by atomic mass is 79.9. The summed E-state index contributed by atoms with van der Waals surface area (Å²) in [5.41, 5.74) is 1.44. The van der Waals surface area contributed by atoms with Crippen LogP contribution in [0.4, 0.5) is 0 Å². The summed E-state index contributed by atoms with van der Waals surface area (Å²) in [4.78, 5) is 4.28. The highest BCUT2D eigenvalue weighted by Crippen LogP contribution is 2.30. The second-order valence-electron chi connectivity index (χ2n) is 4.52. The maximum Gasteiger partial charge on any atom is 0.261 e. The van der Waals surface area contributed by atoms with Gasteiger partial charge in [-0.1, -0.05) is 33.2 Å². The fourth-order valence-corrected chi connectivity index (χ4v) is 2.27. The maximum absolute atomic E-state index is 9.84. The van der Waals surface area contributed by atoms with Crippen LogP contribution in [-0.2, 0) is 6.42 Å². The van der Waals surface area contributed by atoms with Crippen molar-refractivity contribution in [1.82, 2.24) is 10.1 Å². The smallest absolute Gasteiger partial charge is 0.261 e. The van der Waals surface area contributed by atoms with Crippen LogP contribution in [0.2, 0.25) is 0 Å². The summed E-state index contributed by atoms with van der Waals surface area (Å²) in [6.07, 6.45) is 0.485. The highest BCUT2D eigenvalue weighted by Gasteiger charge is 2.13. The van der Waals surface area contributed by atoms with Crippen LogP contribution in [0.5, 0.6) is 11.5 Å². The molecule has 2 N–H and O–H groups in total. The molecular weight excluding hydrogens is 336 g/mol. The van der Waals surface area contributed by atoms with Gasteiger partial charge < -0.3 is 14.7 Å². The fraction of sp³-hybridized carbons (Fsp3) is 0.0667. The first kappa shape index (κ1) is 13.6. The van der Waals surface area contributed by atoms with Gasteiger partial charge in [0.1, 0.15) is 11.5 Å². The molecule has 0 unspecified atom stereocenters. The van der Waals surface area contributed by atoms with Gasteiger partial charge in [-0.05, 0) is 35.9 Å². The Labute approximate surface area is 129 Å². The van der Waals surface area contributed by atoms with Crippen molar-refractivity contribution in [2.24, 2.45) is 0 Å². The SMILES string of the molecule is Oc1ccc(Cc2noc(-c3cc(Br)ccc3O)n2)cc1. The lowest BCUT2D eigenvalue weighted by Crippen LogP contribution is -1.90. The maximum atomic E-state index is 9.84. The molecule has 0 radical (unpaired) electrons. The molecule has 6 heteroatoms. The second-order valence-corrected chi connectivity index (χ2v) is 5.44. The van der Waals surface area contributed by atoms with Gasteiger partial charge in [0.2, 0.25) is 0 Å². The van der Waals surface area contributed by atoms with Gasteiger partial charge in [0.25, 0.3) is 5.89 Å². The van der Waals surface area contributed by atoms with Crippen molar-refractivity contribution in [3.05, 3.63) is 58.3 Å². The molecule has 21 heavy (non-hydrogen) atoms. The summed E-state index contributed by atoms with van der Waals surface area (Å²) >= 11 is 3.34. The van der Waals surface area contributed by atoms with Crippen LogP contribution in [0.3, 0.4) is 0 Å². The van der Waals surface area contributed by atoms with Crippen LogP contribution in [-0.4, -0.2) is 20.4 Å². The van der Waals surface area contributed by atoms with Crippen molar-refractivity contribution >= 4 is 15.9 Å². The summed E-state index contributed by atoms with van der Waals surface area (Å²) in [5, 5.41) is 23.0. The van der Waals surface area contributed by atoms with E-state index in [0.717, 1.165) is 10.0 Å². The van der Waals surface area contributed by atoms with Crippen molar-refractivity contribution < 1.29 is 14.7 Å². The van der Waals surface area contributed by atoms with E-state index in [2.05, 4.69) is 26.1 Å². The zero-order valence-electron chi connectivity index (χ0n) is 10.8. The summed E-state index contributed by atoms with van der Waals surface area (Å²) in [7, 11) is 0. The molecule has 3 aromatic rings. The van der Waals surface area contributed by atoms with E-state index in [9.17, 15) is 10.2 Å². The fourth-order valence-electron chi connectivity index (χ4n) is 1.91. The average molecular weight is 347 g/mol. The van der Waals surface area contributed by atoms with Gasteiger partial charge in [-0.3, -0.25) is 0 Å². The van der Waals surface area contributed by atoms with E-state index in [1.165, 1.54) is 0 Å². The predicted molar refractivity (Wildman–Crippen MR) is 80.0 cm³/mol. The molecule has 0 aliphatic rings. The molecule has 0 saturated carbocycles. The van der Waals surface area contributed by atoms with Gasteiger partial charge in [-0.2, -0.15) is 4.98 Å². The lowest BCUT2D eigenvalue weighted by atomic mass is 10.1. The molecule has 0 bridgehead atoms. The van der Waals surface area contributed by atoms with Crippen LogP contribution in [0.15, 0.2) is 51.5 Å². The Morgan fingerprint density at radius 2 is 1.81 bits per heavy atom. The molecule has 0 aliphatic carbocycles. The van der Waals surface area contributed by atoms with E-state index in [-0.39, 0.29) is 17.4 Å². The zero-order valence-corrected chi connectivity index (χ0v) is 12.4. The summed E-state index contributed by atoms with van der Waals surface area (Å²) < 4.78 is 6.00. The standard InChI is InChI=1S/C15H11BrN2O3/c16-10-3-6-13(20)12(8-10)15-17-14(18-21-15)7-9-1-4-11(19)5-2-9/h1-6,8,19-20H,7H2. The average Bonchev–Trinajstić information content (AvgIpc) is 2.92. The first-order valence-electron chi connectivity index (χ1n) is 6.21. The minimum Gasteiger partial charge on any atom is -0.508 e. The Balaban J connectivity index is 1.86. The van der Waals surface area contributed by atoms with Crippen molar-refractivity contribution in [2.45, 2.75) is 6.42 Å². The number of rotatable bonds is 3. The van der Waals surface area contributed by atoms with Crippen LogP contribution in [0.25, 0.3) is 11.5 Å². The molecule has 0 atom stereocenters. The van der Waals surface area contributed by atoms with E-state index in [1.54, 1.807) is 42.5 Å². The van der Waals surface area contributed by atoms with Gasteiger partial charge in [0, 0.05) is 10.9 Å². The number of phenolic OH excluding ortho intramolecular Hbond substituents is 2. The monoisotopic (exact) mass is 346 g/mol. The minimum absolute atomic E-state index is 0.0815. The molecule has 0 amide bonds. The lowest BCUT2D eigenvalue weighted by molar-refractivity contribution is 0.418. The molecule has 0 spiro atoms. The number of halogens is 1. The quantitative estimate of drug-likeness (QED) is 0.758. The number of hydrogen-bond acceptors (Lipinski definition) is 5. The highest BCUT2D eigenvalue weighted by molar-refractivity contribution is 9.10. The Hall–Kier alpha value is -2.34. The van der Waals surface area contributed by atoms with E-state index in [0.29, 0.717) is 17.8 Å². The van der Waals surface area contributed by atoms with Gasteiger partial charge in [-0.15, -0.1) is 0 Å². The number of aromatic hydroxyl groups is 2. The van der Waals surface area contributed by atoms with Gasteiger partial charge in [-0.25, -0.2) is 0 Å². The van der Waals surface area contributed by atoms with Crippen LogP contribution in [0, 0.1) is 0 Å². The normalized spacial score (nSPS) is 10.7. The Bertz CT molecular complexity index is 769. The number of hydrogen-bond donors (Lipinski definition) is 2. The molecule has 2 aromatic carbocycles. The molecule has 0 fully saturated rings. The van der Waals surface area contributed by atoms with Gasteiger partial charge in [0.05, 0.1) is 5.56 Å². The van der Waals surface area contributed by atoms with E-state index < -0.39 is 0 Å². The molecule has 0 saturated heterocycles. The topological polar surface area (TPSA) is 79.4 Å². The van der Waals surface area contributed by atoms with Gasteiger partial charge >= 0.3 is 0 Å².